The molecular weight excluding hydrogens is 268 g/mol. The summed E-state index contributed by atoms with van der Waals surface area (Å²) in [6, 6.07) is 3.58. The summed E-state index contributed by atoms with van der Waals surface area (Å²) in [5, 5.41) is 13.3. The molecule has 0 aromatic carbocycles. The fraction of sp³-hybridized carbons (Fsp3) is 0.250. The first kappa shape index (κ1) is 13.3. The molecule has 6 nitrogen and oxygen atoms in total. The second-order valence-electron chi connectivity index (χ2n) is 3.84. The summed E-state index contributed by atoms with van der Waals surface area (Å²) in [5.41, 5.74) is 0.443. The molecule has 2 N–H and O–H groups in total. The van der Waals surface area contributed by atoms with Crippen molar-refractivity contribution >= 4 is 28.3 Å². The molecule has 0 fully saturated rings. The zero-order valence-corrected chi connectivity index (χ0v) is 10.8. The molecule has 1 amide bonds. The lowest BCUT2D eigenvalue weighted by Crippen LogP contribution is -2.12. The topological polar surface area (TPSA) is 92.4 Å². The maximum absolute atomic E-state index is 11.6. The molecule has 0 aliphatic rings. The molecule has 7 heteroatoms. The van der Waals surface area contributed by atoms with E-state index in [4.69, 9.17) is 9.52 Å². The van der Waals surface area contributed by atoms with Gasteiger partial charge in [-0.3, -0.25) is 9.59 Å². The van der Waals surface area contributed by atoms with Crippen molar-refractivity contribution in [1.29, 1.82) is 0 Å². The van der Waals surface area contributed by atoms with E-state index >= 15 is 0 Å². The number of nitrogens with zero attached hydrogens (tertiary/aromatic N) is 1. The Morgan fingerprint density at radius 3 is 3.00 bits per heavy atom. The van der Waals surface area contributed by atoms with Crippen LogP contribution in [0, 0.1) is 0 Å². The summed E-state index contributed by atoms with van der Waals surface area (Å²) >= 11 is 1.21. The van der Waals surface area contributed by atoms with Gasteiger partial charge < -0.3 is 14.8 Å². The minimum absolute atomic E-state index is 0.140. The molecule has 19 heavy (non-hydrogen) atoms. The number of carboxylic acid groups (broad SMARTS) is 1. The van der Waals surface area contributed by atoms with E-state index in [1.165, 1.54) is 11.3 Å². The van der Waals surface area contributed by atoms with Crippen molar-refractivity contribution < 1.29 is 19.1 Å². The van der Waals surface area contributed by atoms with E-state index in [9.17, 15) is 9.59 Å². The molecule has 2 heterocycles. The van der Waals surface area contributed by atoms with E-state index in [-0.39, 0.29) is 12.3 Å². The number of aryl methyl sites for hydroxylation is 1. The fourth-order valence-electron chi connectivity index (χ4n) is 1.47. The van der Waals surface area contributed by atoms with Crippen LogP contribution in [0.15, 0.2) is 28.2 Å². The average Bonchev–Trinajstić information content (AvgIpc) is 2.97. The van der Waals surface area contributed by atoms with Crippen LogP contribution in [0.25, 0.3) is 0 Å². The molecular formula is C12H12N2O4S. The number of carbonyl (C=O) groups excluding carboxylic acids is 1. The summed E-state index contributed by atoms with van der Waals surface area (Å²) in [7, 11) is 0. The van der Waals surface area contributed by atoms with Crippen LogP contribution in [0.5, 0.6) is 0 Å². The van der Waals surface area contributed by atoms with Crippen molar-refractivity contribution in [3.63, 3.8) is 0 Å². The van der Waals surface area contributed by atoms with Crippen LogP contribution in [-0.4, -0.2) is 22.0 Å². The van der Waals surface area contributed by atoms with E-state index < -0.39 is 5.97 Å². The Balaban J connectivity index is 1.81. The second-order valence-corrected chi connectivity index (χ2v) is 4.70. The van der Waals surface area contributed by atoms with Gasteiger partial charge in [0, 0.05) is 18.2 Å². The van der Waals surface area contributed by atoms with Gasteiger partial charge in [-0.15, -0.1) is 11.3 Å². The maximum Gasteiger partial charge on any atom is 0.309 e. The minimum Gasteiger partial charge on any atom is -0.481 e. The molecule has 2 aromatic heterocycles. The summed E-state index contributed by atoms with van der Waals surface area (Å²) in [6.45, 7) is 0. The van der Waals surface area contributed by atoms with Gasteiger partial charge in [-0.2, -0.15) is 0 Å². The normalized spacial score (nSPS) is 10.3. The number of carbonyl (C=O) groups is 2. The third-order valence-electron chi connectivity index (χ3n) is 2.31. The number of furan rings is 1. The highest BCUT2D eigenvalue weighted by Crippen LogP contribution is 2.16. The monoisotopic (exact) mass is 280 g/mol. The van der Waals surface area contributed by atoms with Gasteiger partial charge in [0.25, 0.3) is 0 Å². The Kier molecular flexibility index (Phi) is 4.30. The van der Waals surface area contributed by atoms with Gasteiger partial charge in [0.1, 0.15) is 5.76 Å². The van der Waals surface area contributed by atoms with Crippen LogP contribution in [0.2, 0.25) is 0 Å². The highest BCUT2D eigenvalue weighted by Gasteiger charge is 2.09. The molecule has 2 rings (SSSR count). The van der Waals surface area contributed by atoms with Gasteiger partial charge in [0.15, 0.2) is 5.13 Å². The first-order valence-corrected chi connectivity index (χ1v) is 6.50. The van der Waals surface area contributed by atoms with Gasteiger partial charge in [-0.05, 0) is 12.1 Å². The molecule has 0 unspecified atom stereocenters. The molecule has 0 spiro atoms. The lowest BCUT2D eigenvalue weighted by molar-refractivity contribution is -0.136. The van der Waals surface area contributed by atoms with Gasteiger partial charge in [-0.1, -0.05) is 0 Å². The van der Waals surface area contributed by atoms with Gasteiger partial charge in [0.2, 0.25) is 5.91 Å². The zero-order valence-electron chi connectivity index (χ0n) is 9.96. The third kappa shape index (κ3) is 4.22. The summed E-state index contributed by atoms with van der Waals surface area (Å²) in [6.07, 6.45) is 2.23. The Morgan fingerprint density at radius 1 is 1.47 bits per heavy atom. The number of aliphatic carboxylic acids is 1. The van der Waals surface area contributed by atoms with Crippen molar-refractivity contribution in [3.05, 3.63) is 35.2 Å². The van der Waals surface area contributed by atoms with E-state index in [2.05, 4.69) is 10.3 Å². The smallest absolute Gasteiger partial charge is 0.309 e. The summed E-state index contributed by atoms with van der Waals surface area (Å²) < 4.78 is 5.12. The highest BCUT2D eigenvalue weighted by atomic mass is 32.1. The Hall–Kier alpha value is -2.15. The maximum atomic E-state index is 11.6. The Morgan fingerprint density at radius 2 is 2.32 bits per heavy atom. The Labute approximate surface area is 113 Å². The van der Waals surface area contributed by atoms with Gasteiger partial charge in [-0.25, -0.2) is 4.98 Å². The van der Waals surface area contributed by atoms with Crippen molar-refractivity contribution in [2.75, 3.05) is 5.32 Å². The molecule has 2 aromatic rings. The van der Waals surface area contributed by atoms with Gasteiger partial charge in [0.05, 0.1) is 18.4 Å². The van der Waals surface area contributed by atoms with E-state index in [0.717, 1.165) is 5.76 Å². The first-order chi connectivity index (χ1) is 9.13. The van der Waals surface area contributed by atoms with E-state index in [0.29, 0.717) is 23.7 Å². The number of carboxylic acids is 1. The second kappa shape index (κ2) is 6.14. The number of hydrogen-bond donors (Lipinski definition) is 2. The van der Waals surface area contributed by atoms with E-state index in [1.54, 1.807) is 17.7 Å². The van der Waals surface area contributed by atoms with Crippen LogP contribution in [0.3, 0.4) is 0 Å². The van der Waals surface area contributed by atoms with Crippen molar-refractivity contribution in [1.82, 2.24) is 4.98 Å². The molecule has 0 atom stereocenters. The van der Waals surface area contributed by atoms with Crippen molar-refractivity contribution in [2.24, 2.45) is 0 Å². The van der Waals surface area contributed by atoms with Crippen LogP contribution in [0.4, 0.5) is 5.13 Å². The number of thiazole rings is 1. The zero-order chi connectivity index (χ0) is 13.7. The van der Waals surface area contributed by atoms with Crippen LogP contribution in [0.1, 0.15) is 17.9 Å². The van der Waals surface area contributed by atoms with Crippen LogP contribution in [-0.2, 0) is 22.4 Å². The largest absolute Gasteiger partial charge is 0.481 e. The van der Waals surface area contributed by atoms with E-state index in [1.807, 2.05) is 6.07 Å². The number of hydrogen-bond acceptors (Lipinski definition) is 5. The first-order valence-electron chi connectivity index (χ1n) is 5.62. The summed E-state index contributed by atoms with van der Waals surface area (Å²) in [5.74, 6) is -0.366. The molecule has 0 radical (unpaired) electrons. The number of nitrogens with one attached hydrogen (secondary N) is 1. The lowest BCUT2D eigenvalue weighted by Gasteiger charge is -1.99. The lowest BCUT2D eigenvalue weighted by atomic mass is 10.2. The molecule has 0 saturated heterocycles. The third-order valence-corrected chi connectivity index (χ3v) is 3.12. The van der Waals surface area contributed by atoms with Crippen LogP contribution < -0.4 is 5.32 Å². The minimum atomic E-state index is -0.944. The molecule has 0 bridgehead atoms. The van der Waals surface area contributed by atoms with Crippen molar-refractivity contribution in [3.8, 4) is 0 Å². The molecule has 0 saturated carbocycles. The Bertz CT molecular complexity index is 562. The fourth-order valence-corrected chi connectivity index (χ4v) is 2.20. The predicted octanol–water partition coefficient (Wildman–Crippen LogP) is 1.93. The standard InChI is InChI=1S/C12H12N2O4S/c15-10(4-3-9-2-1-5-18-9)14-12-13-8(7-19-12)6-11(16)17/h1-2,5,7H,3-4,6H2,(H,16,17)(H,13,14,15). The summed E-state index contributed by atoms with van der Waals surface area (Å²) in [4.78, 5) is 26.2. The number of rotatable bonds is 6. The van der Waals surface area contributed by atoms with Crippen molar-refractivity contribution in [2.45, 2.75) is 19.3 Å². The molecule has 100 valence electrons. The number of anilines is 1. The highest BCUT2D eigenvalue weighted by molar-refractivity contribution is 7.13. The SMILES string of the molecule is O=C(O)Cc1csc(NC(=O)CCc2ccco2)n1. The average molecular weight is 280 g/mol. The van der Waals surface area contributed by atoms with Crippen LogP contribution >= 0.6 is 11.3 Å². The number of aromatic nitrogens is 1. The molecule has 0 aliphatic carbocycles. The van der Waals surface area contributed by atoms with Gasteiger partial charge >= 0.3 is 5.97 Å². The quantitative estimate of drug-likeness (QED) is 0.843. The number of amides is 1. The molecule has 0 aliphatic heterocycles. The predicted molar refractivity (Wildman–Crippen MR) is 69.1 cm³/mol.